The Labute approximate surface area is 244 Å². The first-order chi connectivity index (χ1) is 19.4. The molecule has 5 rings (SSSR count). The van der Waals surface area contributed by atoms with Crippen molar-refractivity contribution in [1.29, 1.82) is 0 Å². The van der Waals surface area contributed by atoms with E-state index in [1.807, 2.05) is 36.4 Å². The second-order valence-electron chi connectivity index (χ2n) is 9.12. The number of thioether (sulfide) groups is 1. The van der Waals surface area contributed by atoms with Crippen molar-refractivity contribution in [2.24, 2.45) is 0 Å². The first-order valence-corrected chi connectivity index (χ1v) is 14.9. The molecule has 0 unspecified atom stereocenters. The van der Waals surface area contributed by atoms with Gasteiger partial charge in [0.15, 0.2) is 16.7 Å². The third-order valence-corrected chi connectivity index (χ3v) is 8.31. The van der Waals surface area contributed by atoms with Crippen LogP contribution < -0.4 is 15.4 Å². The molecule has 1 saturated heterocycles. The molecule has 2 aromatic heterocycles. The summed E-state index contributed by atoms with van der Waals surface area (Å²) in [6.07, 6.45) is 1.77. The van der Waals surface area contributed by atoms with E-state index in [0.29, 0.717) is 30.0 Å². The van der Waals surface area contributed by atoms with Crippen LogP contribution in [0.4, 0.5) is 10.1 Å². The van der Waals surface area contributed by atoms with Crippen molar-refractivity contribution in [2.45, 2.75) is 6.42 Å². The van der Waals surface area contributed by atoms with Gasteiger partial charge in [-0.15, -0.1) is 11.3 Å². The van der Waals surface area contributed by atoms with E-state index >= 15 is 0 Å². The molecule has 0 spiro atoms. The molecule has 0 radical (unpaired) electrons. The number of hydrogen-bond donors (Lipinski definition) is 2. The standard InChI is InChI=1S/C29H25FN4O3S3/c30-23-18-21(32-29(38)33-27(35)17-20-5-2-1-3-6-20)8-9-25(23)37-26-10-11-31-24-19-22(40-28(24)26)7-4-12-34(36)13-15-39-16-14-34/h1-3,5-6,8-11,18-19H,12-17H2,(H2,32,33,35,38). The molecule has 1 aliphatic heterocycles. The average molecular weight is 593 g/mol. The van der Waals surface area contributed by atoms with Gasteiger partial charge in [-0.2, -0.15) is 11.8 Å². The van der Waals surface area contributed by atoms with Gasteiger partial charge in [-0.25, -0.2) is 4.39 Å². The summed E-state index contributed by atoms with van der Waals surface area (Å²) >= 11 is 8.39. The van der Waals surface area contributed by atoms with Crippen LogP contribution in [-0.2, 0) is 11.2 Å². The molecule has 4 aromatic rings. The van der Waals surface area contributed by atoms with E-state index in [1.54, 1.807) is 30.1 Å². The normalized spacial score (nSPS) is 14.2. The second-order valence-corrected chi connectivity index (χ2v) is 11.8. The minimum atomic E-state index is -0.603. The van der Waals surface area contributed by atoms with Crippen LogP contribution in [0.25, 0.3) is 10.2 Å². The van der Waals surface area contributed by atoms with Gasteiger partial charge in [-0.1, -0.05) is 36.3 Å². The van der Waals surface area contributed by atoms with Gasteiger partial charge >= 0.3 is 0 Å². The molecule has 1 fully saturated rings. The molecule has 40 heavy (non-hydrogen) atoms. The molecule has 1 amide bonds. The van der Waals surface area contributed by atoms with E-state index in [2.05, 4.69) is 27.5 Å². The number of ether oxygens (including phenoxy) is 1. The number of amides is 1. The maximum Gasteiger partial charge on any atom is 0.230 e. The summed E-state index contributed by atoms with van der Waals surface area (Å²) in [7, 11) is 0. The number of carbonyl (C=O) groups excluding carboxylic acids is 1. The van der Waals surface area contributed by atoms with Gasteiger partial charge in [-0.3, -0.25) is 9.78 Å². The SMILES string of the molecule is O=C(Cc1ccccc1)NC(=S)Nc1ccc(Oc2ccnc3cc(C#CC[N+]4([O-])CCSCC4)sc23)c(F)c1. The number of thiophene rings is 1. The lowest BCUT2D eigenvalue weighted by Crippen LogP contribution is -2.48. The molecular formula is C29H25FN4O3S3. The smallest absolute Gasteiger partial charge is 0.230 e. The number of carbonyl (C=O) groups is 1. The largest absolute Gasteiger partial charge is 0.632 e. The van der Waals surface area contributed by atoms with Crippen molar-refractivity contribution in [1.82, 2.24) is 10.3 Å². The highest BCUT2D eigenvalue weighted by Gasteiger charge is 2.19. The van der Waals surface area contributed by atoms with E-state index in [4.69, 9.17) is 17.0 Å². The van der Waals surface area contributed by atoms with Crippen molar-refractivity contribution in [3.05, 3.63) is 88.3 Å². The number of hydrogen-bond acceptors (Lipinski definition) is 7. The zero-order valence-electron chi connectivity index (χ0n) is 21.3. The Morgan fingerprint density at radius 1 is 1.12 bits per heavy atom. The number of fused-ring (bicyclic) bond motifs is 1. The number of anilines is 1. The average Bonchev–Trinajstić information content (AvgIpc) is 3.35. The quantitative estimate of drug-likeness (QED) is 0.129. The number of rotatable bonds is 6. The number of thiocarbonyl (C=S) groups is 1. The molecular weight excluding hydrogens is 568 g/mol. The van der Waals surface area contributed by atoms with Crippen LogP contribution in [0, 0.1) is 22.9 Å². The molecule has 0 bridgehead atoms. The van der Waals surface area contributed by atoms with E-state index in [9.17, 15) is 14.4 Å². The van der Waals surface area contributed by atoms with Gasteiger partial charge in [0, 0.05) is 35.5 Å². The van der Waals surface area contributed by atoms with Crippen LogP contribution in [-0.4, -0.2) is 51.8 Å². The molecule has 0 saturated carbocycles. The third kappa shape index (κ3) is 7.35. The molecule has 0 aliphatic carbocycles. The van der Waals surface area contributed by atoms with Crippen molar-refractivity contribution in [3.8, 4) is 23.3 Å². The van der Waals surface area contributed by atoms with Gasteiger partial charge in [0.2, 0.25) is 5.91 Å². The second kappa shape index (κ2) is 12.8. The predicted molar refractivity (Wildman–Crippen MR) is 163 cm³/mol. The van der Waals surface area contributed by atoms with E-state index in [1.165, 1.54) is 23.5 Å². The number of halogens is 1. The Morgan fingerprint density at radius 3 is 2.70 bits per heavy atom. The number of aromatic nitrogens is 1. The van der Waals surface area contributed by atoms with Crippen LogP contribution in [0.1, 0.15) is 10.4 Å². The summed E-state index contributed by atoms with van der Waals surface area (Å²) in [6.45, 7) is 1.43. The summed E-state index contributed by atoms with van der Waals surface area (Å²) in [5.74, 6) is 7.46. The van der Waals surface area contributed by atoms with E-state index in [0.717, 1.165) is 26.6 Å². The van der Waals surface area contributed by atoms with Crippen LogP contribution >= 0.6 is 35.3 Å². The zero-order valence-corrected chi connectivity index (χ0v) is 23.8. The van der Waals surface area contributed by atoms with Crippen molar-refractivity contribution < 1.29 is 18.6 Å². The number of nitrogens with zero attached hydrogens (tertiary/aromatic N) is 2. The zero-order chi connectivity index (χ0) is 28.0. The highest BCUT2D eigenvalue weighted by Crippen LogP contribution is 2.36. The molecule has 2 aromatic carbocycles. The Hall–Kier alpha value is -3.53. The van der Waals surface area contributed by atoms with Gasteiger partial charge in [-0.05, 0) is 41.9 Å². The van der Waals surface area contributed by atoms with Crippen LogP contribution in [0.5, 0.6) is 11.5 Å². The number of hydroxylamine groups is 3. The molecule has 0 atom stereocenters. The minimum absolute atomic E-state index is 0.0267. The molecule has 7 nitrogen and oxygen atoms in total. The molecule has 11 heteroatoms. The topological polar surface area (TPSA) is 86.3 Å². The van der Waals surface area contributed by atoms with Gasteiger partial charge < -0.3 is 25.2 Å². The fraction of sp³-hybridized carbons (Fsp3) is 0.207. The monoisotopic (exact) mass is 592 g/mol. The number of benzene rings is 2. The van der Waals surface area contributed by atoms with Crippen molar-refractivity contribution >= 4 is 62.2 Å². The first-order valence-electron chi connectivity index (χ1n) is 12.5. The lowest BCUT2D eigenvalue weighted by molar-refractivity contribution is -0.869. The molecule has 1 aliphatic rings. The summed E-state index contributed by atoms with van der Waals surface area (Å²) in [4.78, 5) is 17.4. The number of pyridine rings is 1. The fourth-order valence-corrected chi connectivity index (χ4v) is 6.36. The minimum Gasteiger partial charge on any atom is -0.632 e. The van der Waals surface area contributed by atoms with Gasteiger partial charge in [0.25, 0.3) is 0 Å². The Balaban J connectivity index is 1.22. The lowest BCUT2D eigenvalue weighted by Gasteiger charge is -2.43. The van der Waals surface area contributed by atoms with Crippen LogP contribution in [0.2, 0.25) is 0 Å². The molecule has 2 N–H and O–H groups in total. The summed E-state index contributed by atoms with van der Waals surface area (Å²) in [6, 6.07) is 17.2. The molecule has 3 heterocycles. The number of nitrogens with one attached hydrogen (secondary N) is 2. The van der Waals surface area contributed by atoms with Gasteiger partial charge in [0.05, 0.1) is 34.6 Å². The predicted octanol–water partition coefficient (Wildman–Crippen LogP) is 5.70. The lowest BCUT2D eigenvalue weighted by atomic mass is 10.1. The van der Waals surface area contributed by atoms with E-state index < -0.39 is 5.82 Å². The number of quaternary nitrogens is 1. The van der Waals surface area contributed by atoms with E-state index in [-0.39, 0.29) is 34.4 Å². The Kier molecular flexibility index (Phi) is 8.94. The summed E-state index contributed by atoms with van der Waals surface area (Å²) in [5.41, 5.74) is 1.91. The van der Waals surface area contributed by atoms with Crippen LogP contribution in [0.3, 0.4) is 0 Å². The van der Waals surface area contributed by atoms with Crippen LogP contribution in [0.15, 0.2) is 66.9 Å². The third-order valence-electron chi connectivity index (χ3n) is 6.11. The summed E-state index contributed by atoms with van der Waals surface area (Å²) in [5, 5.41) is 18.2. The summed E-state index contributed by atoms with van der Waals surface area (Å²) < 4.78 is 21.3. The van der Waals surface area contributed by atoms with Crippen molar-refractivity contribution in [2.75, 3.05) is 36.5 Å². The highest BCUT2D eigenvalue weighted by molar-refractivity contribution is 7.99. The maximum atomic E-state index is 15.0. The van der Waals surface area contributed by atoms with Crippen molar-refractivity contribution in [3.63, 3.8) is 0 Å². The van der Waals surface area contributed by atoms with Gasteiger partial charge in [0.1, 0.15) is 12.3 Å². The maximum absolute atomic E-state index is 15.0. The fourth-order valence-electron chi connectivity index (χ4n) is 4.06. The Bertz CT molecular complexity index is 1590. The first kappa shape index (κ1) is 28.0. The molecule has 204 valence electrons. The highest BCUT2D eigenvalue weighted by atomic mass is 32.2. The Morgan fingerprint density at radius 2 is 1.93 bits per heavy atom.